The highest BCUT2D eigenvalue weighted by molar-refractivity contribution is 8.26. The molecule has 8 heteroatoms. The number of amides is 2. The molecule has 1 aliphatic rings. The number of hydrogen-bond donors (Lipinski definition) is 2. The molecule has 1 heterocycles. The van der Waals surface area contributed by atoms with Gasteiger partial charge in [0.2, 0.25) is 5.91 Å². The number of aliphatic carboxylic acids is 1. The van der Waals surface area contributed by atoms with Crippen LogP contribution in [-0.4, -0.2) is 45.2 Å². The first kappa shape index (κ1) is 23.1. The van der Waals surface area contributed by atoms with Gasteiger partial charge in [0.05, 0.1) is 4.91 Å². The first-order chi connectivity index (χ1) is 13.9. The number of nitrogens with zero attached hydrogens (tertiary/aromatic N) is 1. The fraction of sp³-hybridized carbons (Fsp3) is 0.429. The number of nitrogens with one attached hydrogen (secondary N) is 1. The van der Waals surface area contributed by atoms with Gasteiger partial charge in [0.25, 0.3) is 5.91 Å². The zero-order valence-corrected chi connectivity index (χ0v) is 18.1. The van der Waals surface area contributed by atoms with Crippen LogP contribution in [0.4, 0.5) is 0 Å². The third kappa shape index (κ3) is 7.62. The topological polar surface area (TPSA) is 86.7 Å². The summed E-state index contributed by atoms with van der Waals surface area (Å²) >= 11 is 6.63. The van der Waals surface area contributed by atoms with Gasteiger partial charge in [0.1, 0.15) is 4.32 Å². The van der Waals surface area contributed by atoms with E-state index >= 15 is 0 Å². The first-order valence-corrected chi connectivity index (χ1v) is 10.9. The highest BCUT2D eigenvalue weighted by Gasteiger charge is 2.31. The van der Waals surface area contributed by atoms with Gasteiger partial charge in [-0.25, -0.2) is 0 Å². The van der Waals surface area contributed by atoms with Crippen LogP contribution in [0, 0.1) is 6.92 Å². The number of rotatable bonds is 11. The molecule has 0 spiro atoms. The van der Waals surface area contributed by atoms with Gasteiger partial charge in [-0.2, -0.15) is 0 Å². The average molecular weight is 435 g/mol. The van der Waals surface area contributed by atoms with Crippen LogP contribution in [0.1, 0.15) is 49.7 Å². The number of unbranched alkanes of at least 4 members (excludes halogenated alkanes) is 2. The molecule has 0 atom stereocenters. The summed E-state index contributed by atoms with van der Waals surface area (Å²) in [6, 6.07) is 7.86. The van der Waals surface area contributed by atoms with E-state index in [4.69, 9.17) is 17.3 Å². The molecular formula is C21H26N2O4S2. The molecule has 1 fully saturated rings. The van der Waals surface area contributed by atoms with E-state index < -0.39 is 5.97 Å². The third-order valence-electron chi connectivity index (χ3n) is 4.52. The van der Waals surface area contributed by atoms with Gasteiger partial charge >= 0.3 is 5.97 Å². The summed E-state index contributed by atoms with van der Waals surface area (Å²) < 4.78 is 0.522. The highest BCUT2D eigenvalue weighted by atomic mass is 32.2. The predicted octanol–water partition coefficient (Wildman–Crippen LogP) is 3.74. The van der Waals surface area contributed by atoms with E-state index in [0.29, 0.717) is 41.6 Å². The van der Waals surface area contributed by atoms with Crippen molar-refractivity contribution in [2.45, 2.75) is 45.4 Å². The van der Waals surface area contributed by atoms with E-state index in [-0.39, 0.29) is 18.2 Å². The van der Waals surface area contributed by atoms with Gasteiger partial charge in [-0.1, -0.05) is 54.7 Å². The number of carbonyl (C=O) groups excluding carboxylic acids is 2. The van der Waals surface area contributed by atoms with Crippen molar-refractivity contribution >= 4 is 52.2 Å². The second-order valence-electron chi connectivity index (χ2n) is 6.85. The molecule has 6 nitrogen and oxygen atoms in total. The zero-order chi connectivity index (χ0) is 21.2. The van der Waals surface area contributed by atoms with Crippen molar-refractivity contribution in [2.75, 3.05) is 13.1 Å². The van der Waals surface area contributed by atoms with E-state index in [1.807, 2.05) is 37.3 Å². The fourth-order valence-corrected chi connectivity index (χ4v) is 4.17. The molecule has 156 valence electrons. The molecule has 0 aromatic heterocycles. The molecule has 1 aliphatic heterocycles. The van der Waals surface area contributed by atoms with Crippen molar-refractivity contribution in [1.29, 1.82) is 0 Å². The van der Waals surface area contributed by atoms with E-state index in [2.05, 4.69) is 5.32 Å². The van der Waals surface area contributed by atoms with E-state index in [0.717, 1.165) is 24.0 Å². The maximum Gasteiger partial charge on any atom is 0.303 e. The lowest BCUT2D eigenvalue weighted by Gasteiger charge is -2.14. The largest absolute Gasteiger partial charge is 0.481 e. The minimum Gasteiger partial charge on any atom is -0.481 e. The van der Waals surface area contributed by atoms with Crippen LogP contribution < -0.4 is 5.32 Å². The molecule has 0 unspecified atom stereocenters. The molecule has 0 bridgehead atoms. The molecule has 2 amide bonds. The SMILES string of the molecule is Cc1ccccc1/C=C1\SC(=S)N(CCCC(=O)NCCCCCC(=O)O)C1=O. The molecule has 1 aromatic carbocycles. The van der Waals surface area contributed by atoms with Crippen molar-refractivity contribution in [1.82, 2.24) is 10.2 Å². The number of hydrogen-bond acceptors (Lipinski definition) is 5. The van der Waals surface area contributed by atoms with Crippen LogP contribution in [0.15, 0.2) is 29.2 Å². The molecule has 1 saturated heterocycles. The Hall–Kier alpha value is -2.19. The number of carboxylic acids is 1. The molecule has 2 rings (SSSR count). The van der Waals surface area contributed by atoms with E-state index in [1.165, 1.54) is 11.8 Å². The Morgan fingerprint density at radius 2 is 1.93 bits per heavy atom. The summed E-state index contributed by atoms with van der Waals surface area (Å²) in [4.78, 5) is 37.1. The minimum atomic E-state index is -0.793. The Bertz CT molecular complexity index is 808. The average Bonchev–Trinajstić information content (AvgIpc) is 2.93. The van der Waals surface area contributed by atoms with Crippen molar-refractivity contribution in [3.05, 3.63) is 40.3 Å². The van der Waals surface area contributed by atoms with Gasteiger partial charge in [0, 0.05) is 25.9 Å². The summed E-state index contributed by atoms with van der Waals surface area (Å²) in [5, 5.41) is 11.4. The van der Waals surface area contributed by atoms with Crippen LogP contribution in [0.25, 0.3) is 6.08 Å². The Labute approximate surface area is 180 Å². The Morgan fingerprint density at radius 1 is 1.17 bits per heavy atom. The lowest BCUT2D eigenvalue weighted by Crippen LogP contribution is -2.31. The molecule has 0 radical (unpaired) electrons. The second kappa shape index (κ2) is 11.7. The summed E-state index contributed by atoms with van der Waals surface area (Å²) in [6.45, 7) is 2.96. The number of thioether (sulfide) groups is 1. The van der Waals surface area contributed by atoms with Crippen LogP contribution in [0.3, 0.4) is 0 Å². The van der Waals surface area contributed by atoms with Crippen molar-refractivity contribution in [3.63, 3.8) is 0 Å². The number of carboxylic acid groups (broad SMARTS) is 1. The van der Waals surface area contributed by atoms with Gasteiger partial charge in [-0.05, 0) is 43.4 Å². The smallest absolute Gasteiger partial charge is 0.303 e. The molecule has 29 heavy (non-hydrogen) atoms. The Kier molecular flexibility index (Phi) is 9.34. The minimum absolute atomic E-state index is 0.0656. The summed E-state index contributed by atoms with van der Waals surface area (Å²) in [6.07, 6.45) is 5.04. The second-order valence-corrected chi connectivity index (χ2v) is 8.52. The molecular weight excluding hydrogens is 408 g/mol. The van der Waals surface area contributed by atoms with Crippen molar-refractivity contribution < 1.29 is 19.5 Å². The quantitative estimate of drug-likeness (QED) is 0.313. The third-order valence-corrected chi connectivity index (χ3v) is 5.90. The van der Waals surface area contributed by atoms with Crippen molar-refractivity contribution in [2.24, 2.45) is 0 Å². The molecule has 1 aromatic rings. The van der Waals surface area contributed by atoms with Gasteiger partial charge in [0.15, 0.2) is 0 Å². The summed E-state index contributed by atoms with van der Waals surface area (Å²) in [5.41, 5.74) is 2.09. The van der Waals surface area contributed by atoms with Crippen LogP contribution >= 0.6 is 24.0 Å². The van der Waals surface area contributed by atoms with Gasteiger partial charge in [-0.15, -0.1) is 0 Å². The van der Waals surface area contributed by atoms with Crippen LogP contribution in [0.5, 0.6) is 0 Å². The molecule has 0 saturated carbocycles. The maximum atomic E-state index is 12.6. The lowest BCUT2D eigenvalue weighted by molar-refractivity contribution is -0.137. The fourth-order valence-electron chi connectivity index (χ4n) is 2.87. The number of aryl methyl sites for hydroxylation is 1. The first-order valence-electron chi connectivity index (χ1n) is 9.68. The normalized spacial score (nSPS) is 15.2. The Balaban J connectivity index is 1.72. The predicted molar refractivity (Wildman–Crippen MR) is 119 cm³/mol. The monoisotopic (exact) mass is 434 g/mol. The maximum absolute atomic E-state index is 12.6. The molecule has 2 N–H and O–H groups in total. The Morgan fingerprint density at radius 3 is 2.66 bits per heavy atom. The zero-order valence-electron chi connectivity index (χ0n) is 16.5. The van der Waals surface area contributed by atoms with E-state index in [1.54, 1.807) is 4.90 Å². The van der Waals surface area contributed by atoms with Crippen LogP contribution in [-0.2, 0) is 14.4 Å². The van der Waals surface area contributed by atoms with E-state index in [9.17, 15) is 14.4 Å². The standard InChI is InChI=1S/C21H26N2O4S2/c1-15-8-4-5-9-16(15)14-17-20(27)23(21(28)29-17)13-7-10-18(24)22-12-6-2-3-11-19(25)26/h4-5,8-9,14H,2-3,6-7,10-13H2,1H3,(H,22,24)(H,25,26)/b17-14-. The van der Waals surface area contributed by atoms with Gasteiger partial charge in [-0.3, -0.25) is 19.3 Å². The highest BCUT2D eigenvalue weighted by Crippen LogP contribution is 2.33. The number of thiocarbonyl (C=S) groups is 1. The van der Waals surface area contributed by atoms with Crippen molar-refractivity contribution in [3.8, 4) is 0 Å². The number of benzene rings is 1. The lowest BCUT2D eigenvalue weighted by atomic mass is 10.1. The van der Waals surface area contributed by atoms with Crippen LogP contribution in [0.2, 0.25) is 0 Å². The summed E-state index contributed by atoms with van der Waals surface area (Å²) in [7, 11) is 0. The summed E-state index contributed by atoms with van der Waals surface area (Å²) in [5.74, 6) is -0.968. The van der Waals surface area contributed by atoms with Gasteiger partial charge < -0.3 is 10.4 Å². The number of carbonyl (C=O) groups is 3. The molecule has 0 aliphatic carbocycles.